The second kappa shape index (κ2) is 13.8. The number of carbonyl (C=O) groups excluding carboxylic acids is 2. The van der Waals surface area contributed by atoms with Crippen LogP contribution in [0.2, 0.25) is 10.0 Å². The first kappa shape index (κ1) is 28.9. The Morgan fingerprint density at radius 1 is 0.725 bits per heavy atom. The average Bonchev–Trinajstić information content (AvgIpc) is 2.95. The highest BCUT2D eigenvalue weighted by molar-refractivity contribution is 6.34. The number of aliphatic carboxylic acids is 1. The van der Waals surface area contributed by atoms with E-state index < -0.39 is 11.9 Å². The summed E-state index contributed by atoms with van der Waals surface area (Å²) in [6.45, 7) is 0.531. The van der Waals surface area contributed by atoms with Crippen molar-refractivity contribution in [1.29, 1.82) is 0 Å². The van der Waals surface area contributed by atoms with Crippen LogP contribution < -0.4 is 5.32 Å². The molecule has 0 saturated carbocycles. The lowest BCUT2D eigenvalue weighted by Crippen LogP contribution is -2.35. The number of carboxylic acid groups (broad SMARTS) is 1. The van der Waals surface area contributed by atoms with Crippen LogP contribution in [0.1, 0.15) is 45.0 Å². The maximum absolute atomic E-state index is 12.9. The highest BCUT2D eigenvalue weighted by atomic mass is 35.5. The zero-order chi connectivity index (χ0) is 28.5. The number of halogens is 2. The van der Waals surface area contributed by atoms with Crippen LogP contribution in [0.5, 0.6) is 0 Å². The van der Waals surface area contributed by atoms with E-state index >= 15 is 0 Å². The van der Waals surface area contributed by atoms with Gasteiger partial charge in [0.1, 0.15) is 0 Å². The molecule has 0 aliphatic heterocycles. The zero-order valence-electron chi connectivity index (χ0n) is 21.6. The number of carboxylic acids is 1. The van der Waals surface area contributed by atoms with Gasteiger partial charge in [0.15, 0.2) is 0 Å². The van der Waals surface area contributed by atoms with Crippen molar-refractivity contribution in [3.8, 4) is 0 Å². The number of benzene rings is 4. The van der Waals surface area contributed by atoms with Gasteiger partial charge in [-0.25, -0.2) is 4.79 Å². The fourth-order valence-electron chi connectivity index (χ4n) is 4.57. The third-order valence-electron chi connectivity index (χ3n) is 6.48. The van der Waals surface area contributed by atoms with Crippen molar-refractivity contribution in [2.45, 2.75) is 25.4 Å². The van der Waals surface area contributed by atoms with Crippen molar-refractivity contribution in [3.05, 3.63) is 141 Å². The molecular formula is C32H28Cl2N2O4. The minimum atomic E-state index is -1.56. The minimum Gasteiger partial charge on any atom is -0.474 e. The number of rotatable bonds is 10. The van der Waals surface area contributed by atoms with E-state index in [2.05, 4.69) is 29.6 Å². The number of nitrogens with one attached hydrogen (secondary N) is 1. The standard InChI is InChI=1S/C32H28Cl2N2O4/c33-27-17-23(18-28(34)19-27)21-36(31(38)32(39)40)20-22-11-13-26(14-12-22)30(37)35-16-15-29(24-7-3-1-4-8-24)25-9-5-2-6-10-25/h1-14,17-19,29H,15-16,20-21H2,(H,35,37)(H,39,40). The molecule has 0 aliphatic carbocycles. The molecule has 0 aliphatic rings. The van der Waals surface area contributed by atoms with Gasteiger partial charge in [0.2, 0.25) is 0 Å². The van der Waals surface area contributed by atoms with Crippen molar-refractivity contribution < 1.29 is 19.5 Å². The van der Waals surface area contributed by atoms with Gasteiger partial charge in [0.25, 0.3) is 5.91 Å². The molecule has 0 atom stereocenters. The maximum Gasteiger partial charge on any atom is 0.394 e. The first-order valence-corrected chi connectivity index (χ1v) is 13.5. The normalized spacial score (nSPS) is 10.8. The molecule has 2 N–H and O–H groups in total. The van der Waals surface area contributed by atoms with Crippen LogP contribution in [-0.4, -0.2) is 34.3 Å². The largest absolute Gasteiger partial charge is 0.474 e. The Labute approximate surface area is 243 Å². The molecule has 0 radical (unpaired) electrons. The minimum absolute atomic E-state index is 0.0116. The lowest BCUT2D eigenvalue weighted by molar-refractivity contribution is -0.156. The van der Waals surface area contributed by atoms with Crippen LogP contribution in [-0.2, 0) is 22.7 Å². The lowest BCUT2D eigenvalue weighted by atomic mass is 9.88. The molecule has 0 bridgehead atoms. The van der Waals surface area contributed by atoms with Crippen molar-refractivity contribution in [2.75, 3.05) is 6.54 Å². The maximum atomic E-state index is 12.9. The van der Waals surface area contributed by atoms with Gasteiger partial charge in [-0.2, -0.15) is 0 Å². The number of nitrogens with zero attached hydrogens (tertiary/aromatic N) is 1. The van der Waals surface area contributed by atoms with Gasteiger partial charge in [-0.1, -0.05) is 96.0 Å². The summed E-state index contributed by atoms with van der Waals surface area (Å²) in [4.78, 5) is 37.8. The smallest absolute Gasteiger partial charge is 0.394 e. The molecule has 204 valence electrons. The van der Waals surface area contributed by atoms with Crippen LogP contribution in [0.15, 0.2) is 103 Å². The van der Waals surface area contributed by atoms with Crippen LogP contribution in [0.3, 0.4) is 0 Å². The van der Waals surface area contributed by atoms with Crippen molar-refractivity contribution in [3.63, 3.8) is 0 Å². The first-order valence-electron chi connectivity index (χ1n) is 12.7. The molecular weight excluding hydrogens is 547 g/mol. The summed E-state index contributed by atoms with van der Waals surface area (Å²) in [5.74, 6) is -2.67. The monoisotopic (exact) mass is 574 g/mol. The molecule has 8 heteroatoms. The van der Waals surface area contributed by atoms with E-state index in [0.717, 1.165) is 6.42 Å². The van der Waals surface area contributed by atoms with Crippen LogP contribution >= 0.6 is 23.2 Å². The summed E-state index contributed by atoms with van der Waals surface area (Å²) in [7, 11) is 0. The summed E-state index contributed by atoms with van der Waals surface area (Å²) < 4.78 is 0. The molecule has 4 aromatic rings. The van der Waals surface area contributed by atoms with E-state index in [0.29, 0.717) is 33.3 Å². The Hall–Kier alpha value is -4.13. The SMILES string of the molecule is O=C(O)C(=O)N(Cc1ccc(C(=O)NCCC(c2ccccc2)c2ccccc2)cc1)Cc1cc(Cl)cc(Cl)c1. The number of hydrogen-bond donors (Lipinski definition) is 2. The second-order valence-corrected chi connectivity index (χ2v) is 10.2. The Kier molecular flexibility index (Phi) is 9.95. The zero-order valence-corrected chi connectivity index (χ0v) is 23.1. The van der Waals surface area contributed by atoms with Gasteiger partial charge in [-0.15, -0.1) is 0 Å². The quantitative estimate of drug-likeness (QED) is 0.210. The third kappa shape index (κ3) is 7.94. The molecule has 2 amide bonds. The fourth-order valence-corrected chi connectivity index (χ4v) is 5.14. The first-order chi connectivity index (χ1) is 19.3. The number of amides is 2. The number of hydrogen-bond acceptors (Lipinski definition) is 3. The lowest BCUT2D eigenvalue weighted by Gasteiger charge is -2.21. The molecule has 0 spiro atoms. The summed E-state index contributed by atoms with van der Waals surface area (Å²) in [6, 6.07) is 32.0. The Bertz CT molecular complexity index is 1400. The summed E-state index contributed by atoms with van der Waals surface area (Å²) in [5, 5.41) is 13.1. The van der Waals surface area contributed by atoms with Crippen molar-refractivity contribution in [1.82, 2.24) is 10.2 Å². The predicted molar refractivity (Wildman–Crippen MR) is 156 cm³/mol. The van der Waals surface area contributed by atoms with Gasteiger partial charge in [0.05, 0.1) is 0 Å². The third-order valence-corrected chi connectivity index (χ3v) is 6.91. The molecule has 4 aromatic carbocycles. The summed E-state index contributed by atoms with van der Waals surface area (Å²) in [6.07, 6.45) is 0.734. The molecule has 40 heavy (non-hydrogen) atoms. The molecule has 0 heterocycles. The van der Waals surface area contributed by atoms with Gasteiger partial charge >= 0.3 is 11.9 Å². The predicted octanol–water partition coefficient (Wildman–Crippen LogP) is 6.56. The van der Waals surface area contributed by atoms with E-state index in [1.54, 1.807) is 42.5 Å². The average molecular weight is 575 g/mol. The van der Waals surface area contributed by atoms with E-state index in [1.165, 1.54) is 16.0 Å². The Balaban J connectivity index is 1.39. The highest BCUT2D eigenvalue weighted by Crippen LogP contribution is 2.27. The summed E-state index contributed by atoms with van der Waals surface area (Å²) >= 11 is 12.1. The molecule has 0 aromatic heterocycles. The summed E-state index contributed by atoms with van der Waals surface area (Å²) in [5.41, 5.74) is 4.12. The fraction of sp³-hybridized carbons (Fsp3) is 0.156. The molecule has 0 fully saturated rings. The van der Waals surface area contributed by atoms with Crippen LogP contribution in [0.25, 0.3) is 0 Å². The molecule has 0 unspecified atom stereocenters. The van der Waals surface area contributed by atoms with Gasteiger partial charge < -0.3 is 15.3 Å². The van der Waals surface area contributed by atoms with Crippen LogP contribution in [0.4, 0.5) is 0 Å². The van der Waals surface area contributed by atoms with Crippen molar-refractivity contribution in [2.24, 2.45) is 0 Å². The number of carbonyl (C=O) groups is 3. The van der Waals surface area contributed by atoms with Crippen LogP contribution in [0, 0.1) is 0 Å². The Morgan fingerprint density at radius 3 is 1.77 bits per heavy atom. The topological polar surface area (TPSA) is 86.7 Å². The van der Waals surface area contributed by atoms with E-state index in [1.807, 2.05) is 36.4 Å². The van der Waals surface area contributed by atoms with E-state index in [4.69, 9.17) is 23.2 Å². The van der Waals surface area contributed by atoms with Gasteiger partial charge in [0, 0.05) is 41.2 Å². The molecule has 0 saturated heterocycles. The van der Waals surface area contributed by atoms with E-state index in [-0.39, 0.29) is 24.9 Å². The molecule has 4 rings (SSSR count). The molecule has 6 nitrogen and oxygen atoms in total. The second-order valence-electron chi connectivity index (χ2n) is 9.36. The van der Waals surface area contributed by atoms with Gasteiger partial charge in [-0.05, 0) is 59.0 Å². The van der Waals surface area contributed by atoms with Gasteiger partial charge in [-0.3, -0.25) is 9.59 Å². The van der Waals surface area contributed by atoms with E-state index in [9.17, 15) is 19.5 Å². The highest BCUT2D eigenvalue weighted by Gasteiger charge is 2.22. The van der Waals surface area contributed by atoms with Crippen molar-refractivity contribution >= 4 is 41.0 Å². The Morgan fingerprint density at radius 2 is 1.25 bits per heavy atom.